The zero-order valence-corrected chi connectivity index (χ0v) is 21.6. The molecule has 8 heteroatoms. The fourth-order valence-corrected chi connectivity index (χ4v) is 5.11. The maximum Gasteiger partial charge on any atom is 0.252 e. The second-order valence-corrected chi connectivity index (χ2v) is 10.2. The molecule has 2 heterocycles. The van der Waals surface area contributed by atoms with E-state index in [1.165, 1.54) is 18.2 Å². The van der Waals surface area contributed by atoms with Crippen LogP contribution in [0.3, 0.4) is 0 Å². The minimum absolute atomic E-state index is 0.180. The molecule has 0 radical (unpaired) electrons. The van der Waals surface area contributed by atoms with Crippen LogP contribution in [0.15, 0.2) is 83.4 Å². The number of hydrogen-bond donors (Lipinski definition) is 2. The highest BCUT2D eigenvalue weighted by Crippen LogP contribution is 2.44. The number of aromatic nitrogens is 1. The third kappa shape index (κ3) is 4.62. The Morgan fingerprint density at radius 1 is 1.02 bits per heavy atom. The molecular formula is C32H25F2N3O3. The zero-order valence-electron chi connectivity index (χ0n) is 21.6. The SMILES string of the molecule is Cc1c(F)cc(C(=O)NC2(c3ccccn3)CC2)cc1-c1ccc2oc(Cc3ccc(F)cc3)c(C(N)=O)c2c1. The van der Waals surface area contributed by atoms with Crippen molar-refractivity contribution in [2.24, 2.45) is 5.73 Å². The molecule has 2 amide bonds. The number of fused-ring (bicyclic) bond motifs is 1. The number of halogens is 2. The lowest BCUT2D eigenvalue weighted by molar-refractivity contribution is 0.0928. The van der Waals surface area contributed by atoms with Crippen molar-refractivity contribution in [3.8, 4) is 11.1 Å². The summed E-state index contributed by atoms with van der Waals surface area (Å²) in [7, 11) is 0. The summed E-state index contributed by atoms with van der Waals surface area (Å²) >= 11 is 0. The average molecular weight is 538 g/mol. The number of rotatable bonds is 7. The van der Waals surface area contributed by atoms with Crippen molar-refractivity contribution in [1.82, 2.24) is 10.3 Å². The van der Waals surface area contributed by atoms with Crippen molar-refractivity contribution in [1.29, 1.82) is 0 Å². The molecule has 0 aliphatic heterocycles. The molecule has 6 rings (SSSR count). The maximum absolute atomic E-state index is 15.1. The number of primary amides is 1. The van der Waals surface area contributed by atoms with E-state index in [9.17, 15) is 14.0 Å². The summed E-state index contributed by atoms with van der Waals surface area (Å²) in [6, 6.07) is 19.5. The Hall–Kier alpha value is -4.85. The highest BCUT2D eigenvalue weighted by atomic mass is 19.1. The summed E-state index contributed by atoms with van der Waals surface area (Å²) in [4.78, 5) is 30.2. The van der Waals surface area contributed by atoms with Gasteiger partial charge in [0, 0.05) is 23.6 Å². The van der Waals surface area contributed by atoms with Gasteiger partial charge in [0.15, 0.2) is 0 Å². The molecule has 0 spiro atoms. The third-order valence-electron chi connectivity index (χ3n) is 7.46. The van der Waals surface area contributed by atoms with Crippen molar-refractivity contribution in [2.75, 3.05) is 0 Å². The summed E-state index contributed by atoms with van der Waals surface area (Å²) in [5.41, 5.74) is 9.01. The van der Waals surface area contributed by atoms with Crippen LogP contribution in [0.5, 0.6) is 0 Å². The van der Waals surface area contributed by atoms with Crippen LogP contribution in [0.1, 0.15) is 56.1 Å². The molecule has 1 aliphatic carbocycles. The summed E-state index contributed by atoms with van der Waals surface area (Å²) in [6.45, 7) is 1.64. The van der Waals surface area contributed by atoms with Crippen molar-refractivity contribution in [3.05, 3.63) is 124 Å². The molecule has 2 aromatic heterocycles. The summed E-state index contributed by atoms with van der Waals surface area (Å²) in [6.07, 6.45) is 3.43. The molecule has 1 saturated carbocycles. The molecule has 5 aromatic rings. The Kier molecular flexibility index (Phi) is 6.18. The first kappa shape index (κ1) is 25.4. The molecule has 0 saturated heterocycles. The molecule has 1 fully saturated rings. The third-order valence-corrected chi connectivity index (χ3v) is 7.46. The Morgan fingerprint density at radius 3 is 2.48 bits per heavy atom. The molecule has 3 N–H and O–H groups in total. The van der Waals surface area contributed by atoms with Crippen molar-refractivity contribution in [3.63, 3.8) is 0 Å². The van der Waals surface area contributed by atoms with Crippen LogP contribution < -0.4 is 11.1 Å². The highest BCUT2D eigenvalue weighted by Gasteiger charge is 2.47. The number of furan rings is 1. The number of carbonyl (C=O) groups is 2. The van der Waals surface area contributed by atoms with E-state index in [4.69, 9.17) is 10.2 Å². The lowest BCUT2D eigenvalue weighted by Crippen LogP contribution is -2.35. The van der Waals surface area contributed by atoms with Crippen LogP contribution in [0.2, 0.25) is 0 Å². The summed E-state index contributed by atoms with van der Waals surface area (Å²) < 4.78 is 34.5. The van der Waals surface area contributed by atoms with Crippen LogP contribution in [-0.4, -0.2) is 16.8 Å². The predicted molar refractivity (Wildman–Crippen MR) is 147 cm³/mol. The van der Waals surface area contributed by atoms with Gasteiger partial charge in [0.2, 0.25) is 0 Å². The van der Waals surface area contributed by atoms with Gasteiger partial charge in [-0.1, -0.05) is 24.3 Å². The highest BCUT2D eigenvalue weighted by molar-refractivity contribution is 6.07. The quantitative estimate of drug-likeness (QED) is 0.259. The number of hydrogen-bond acceptors (Lipinski definition) is 4. The Balaban J connectivity index is 1.37. The molecular weight excluding hydrogens is 512 g/mol. The molecule has 0 unspecified atom stereocenters. The monoisotopic (exact) mass is 537 g/mol. The fourth-order valence-electron chi connectivity index (χ4n) is 5.11. The lowest BCUT2D eigenvalue weighted by atomic mass is 9.95. The lowest BCUT2D eigenvalue weighted by Gasteiger charge is -2.18. The largest absolute Gasteiger partial charge is 0.460 e. The van der Waals surface area contributed by atoms with E-state index in [0.29, 0.717) is 33.4 Å². The van der Waals surface area contributed by atoms with Gasteiger partial charge in [-0.05, 0) is 90.6 Å². The number of nitrogens with one attached hydrogen (secondary N) is 1. The van der Waals surface area contributed by atoms with Gasteiger partial charge in [0.05, 0.1) is 16.8 Å². The minimum Gasteiger partial charge on any atom is -0.460 e. The van der Waals surface area contributed by atoms with Gasteiger partial charge in [0.1, 0.15) is 23.0 Å². The molecule has 0 bridgehead atoms. The molecule has 1 aliphatic rings. The van der Waals surface area contributed by atoms with E-state index >= 15 is 4.39 Å². The smallest absolute Gasteiger partial charge is 0.252 e. The van der Waals surface area contributed by atoms with E-state index in [1.54, 1.807) is 49.5 Å². The Morgan fingerprint density at radius 2 is 1.80 bits per heavy atom. The fraction of sp³-hybridized carbons (Fsp3) is 0.156. The molecule has 0 atom stereocenters. The van der Waals surface area contributed by atoms with Gasteiger partial charge in [-0.15, -0.1) is 0 Å². The van der Waals surface area contributed by atoms with Gasteiger partial charge in [0.25, 0.3) is 11.8 Å². The molecule has 40 heavy (non-hydrogen) atoms. The first-order valence-corrected chi connectivity index (χ1v) is 12.9. The summed E-state index contributed by atoms with van der Waals surface area (Å²) in [5, 5.41) is 3.52. The molecule has 3 aromatic carbocycles. The first-order chi connectivity index (χ1) is 19.2. The first-order valence-electron chi connectivity index (χ1n) is 12.9. The Bertz CT molecular complexity index is 1780. The molecule has 200 valence electrons. The predicted octanol–water partition coefficient (Wildman–Crippen LogP) is 6.19. The van der Waals surface area contributed by atoms with Crippen molar-refractivity contribution in [2.45, 2.75) is 31.7 Å². The summed E-state index contributed by atoms with van der Waals surface area (Å²) in [5.74, 6) is -1.60. The van der Waals surface area contributed by atoms with E-state index < -0.39 is 23.2 Å². The van der Waals surface area contributed by atoms with Crippen LogP contribution in [0.4, 0.5) is 8.78 Å². The maximum atomic E-state index is 15.1. The van der Waals surface area contributed by atoms with Crippen LogP contribution >= 0.6 is 0 Å². The van der Waals surface area contributed by atoms with Gasteiger partial charge in [-0.2, -0.15) is 0 Å². The topological polar surface area (TPSA) is 98.2 Å². The van der Waals surface area contributed by atoms with Crippen LogP contribution in [0, 0.1) is 18.6 Å². The number of amides is 2. The van der Waals surface area contributed by atoms with Gasteiger partial charge >= 0.3 is 0 Å². The van der Waals surface area contributed by atoms with Crippen LogP contribution in [0.25, 0.3) is 22.1 Å². The number of nitrogens with two attached hydrogens (primary N) is 1. The minimum atomic E-state index is -0.673. The van der Waals surface area contributed by atoms with Crippen LogP contribution in [-0.2, 0) is 12.0 Å². The van der Waals surface area contributed by atoms with Crippen molar-refractivity contribution >= 4 is 22.8 Å². The molecule has 6 nitrogen and oxygen atoms in total. The standard InChI is InChI=1S/C32H25F2N3O3/c1-18-23(16-21(17-25(18)34)31(39)37-32(11-12-32)28-4-2-3-13-36-28)20-7-10-26-24(15-20)29(30(35)38)27(40-26)14-19-5-8-22(33)9-6-19/h2-10,13,15-17H,11-12,14H2,1H3,(H2,35,38)(H,37,39). The van der Waals surface area contributed by atoms with Crippen molar-refractivity contribution < 1.29 is 22.8 Å². The van der Waals surface area contributed by atoms with E-state index in [1.807, 2.05) is 18.2 Å². The van der Waals surface area contributed by atoms with Gasteiger partial charge < -0.3 is 15.5 Å². The normalized spacial score (nSPS) is 13.8. The average Bonchev–Trinajstić information content (AvgIpc) is 3.64. The number of nitrogens with zero attached hydrogens (tertiary/aromatic N) is 1. The second-order valence-electron chi connectivity index (χ2n) is 10.2. The second kappa shape index (κ2) is 9.72. The zero-order chi connectivity index (χ0) is 28.0. The van der Waals surface area contributed by atoms with Gasteiger partial charge in [-0.25, -0.2) is 8.78 Å². The van der Waals surface area contributed by atoms with E-state index in [-0.39, 0.29) is 23.4 Å². The van der Waals surface area contributed by atoms with E-state index in [2.05, 4.69) is 10.3 Å². The number of pyridine rings is 1. The van der Waals surface area contributed by atoms with E-state index in [0.717, 1.165) is 24.1 Å². The van der Waals surface area contributed by atoms with Gasteiger partial charge in [-0.3, -0.25) is 14.6 Å². The number of carbonyl (C=O) groups excluding carboxylic acids is 2. The Labute approximate surface area is 228 Å². The number of benzene rings is 3.